The first-order valence-electron chi connectivity index (χ1n) is 7.23. The lowest BCUT2D eigenvalue weighted by Crippen LogP contribution is -2.49. The van der Waals surface area contributed by atoms with Crippen molar-refractivity contribution in [3.8, 4) is 0 Å². The molecule has 0 saturated heterocycles. The van der Waals surface area contributed by atoms with Crippen molar-refractivity contribution in [3.63, 3.8) is 0 Å². The lowest BCUT2D eigenvalue weighted by atomic mass is 9.86. The van der Waals surface area contributed by atoms with Crippen LogP contribution in [0.4, 0.5) is 0 Å². The molecule has 19 heavy (non-hydrogen) atoms. The molecular weight excluding hydrogens is 240 g/mol. The molecule has 4 nitrogen and oxygen atoms in total. The van der Waals surface area contributed by atoms with E-state index in [0.717, 1.165) is 12.6 Å². The second-order valence-corrected chi connectivity index (χ2v) is 5.51. The minimum atomic E-state index is 0.250. The number of hydrogen-bond acceptors (Lipinski definition) is 4. The third-order valence-electron chi connectivity index (χ3n) is 3.30. The molecule has 0 aliphatic rings. The maximum absolute atomic E-state index is 7.57. The average molecular weight is 278 g/mol. The van der Waals surface area contributed by atoms with Crippen LogP contribution in [-0.4, -0.2) is 66.6 Å². The summed E-state index contributed by atoms with van der Waals surface area (Å²) in [6.07, 6.45) is 1.24. The van der Waals surface area contributed by atoms with Gasteiger partial charge in [-0.3, -0.25) is 9.80 Å². The van der Waals surface area contributed by atoms with Gasteiger partial charge >= 0.3 is 0 Å². The molecular formula is C15H38N2O2. The molecule has 0 saturated carbocycles. The van der Waals surface area contributed by atoms with E-state index in [1.54, 1.807) is 13.8 Å². The zero-order valence-electron chi connectivity index (χ0n) is 14.7. The van der Waals surface area contributed by atoms with Gasteiger partial charge in [-0.1, -0.05) is 20.3 Å². The van der Waals surface area contributed by atoms with Gasteiger partial charge in [0.05, 0.1) is 6.67 Å². The Hall–Kier alpha value is -0.160. The van der Waals surface area contributed by atoms with Crippen LogP contribution >= 0.6 is 0 Å². The van der Waals surface area contributed by atoms with Crippen LogP contribution in [0.1, 0.15) is 48.0 Å². The van der Waals surface area contributed by atoms with Gasteiger partial charge in [0.15, 0.2) is 0 Å². The Labute approximate surface area is 121 Å². The van der Waals surface area contributed by atoms with Gasteiger partial charge in [0.25, 0.3) is 0 Å². The molecule has 0 bridgehead atoms. The van der Waals surface area contributed by atoms with E-state index in [-0.39, 0.29) is 13.2 Å². The zero-order chi connectivity index (χ0) is 16.1. The molecule has 1 atom stereocenters. The predicted molar refractivity (Wildman–Crippen MR) is 85.4 cm³/mol. The van der Waals surface area contributed by atoms with E-state index in [1.165, 1.54) is 6.42 Å². The Morgan fingerprint density at radius 3 is 1.47 bits per heavy atom. The van der Waals surface area contributed by atoms with Crippen molar-refractivity contribution < 1.29 is 10.2 Å². The number of aliphatic hydroxyl groups excluding tert-OH is 2. The molecule has 0 aliphatic carbocycles. The van der Waals surface area contributed by atoms with Crippen LogP contribution in [0.5, 0.6) is 0 Å². The molecule has 1 unspecified atom stereocenters. The van der Waals surface area contributed by atoms with Crippen molar-refractivity contribution in [2.45, 2.75) is 53.5 Å². The molecule has 0 aromatic rings. The topological polar surface area (TPSA) is 46.9 Å². The van der Waals surface area contributed by atoms with Crippen LogP contribution < -0.4 is 0 Å². The molecule has 4 heteroatoms. The molecule has 2 N–H and O–H groups in total. The summed E-state index contributed by atoms with van der Waals surface area (Å²) in [5.74, 6) is 0.734. The van der Waals surface area contributed by atoms with Crippen molar-refractivity contribution in [2.75, 3.05) is 41.0 Å². The van der Waals surface area contributed by atoms with Gasteiger partial charge in [-0.2, -0.15) is 0 Å². The highest BCUT2D eigenvalue weighted by molar-refractivity contribution is 4.83. The Kier molecular flexibility index (Phi) is 17.9. The summed E-state index contributed by atoms with van der Waals surface area (Å²) >= 11 is 0. The van der Waals surface area contributed by atoms with Gasteiger partial charge in [0, 0.05) is 18.8 Å². The summed E-state index contributed by atoms with van der Waals surface area (Å²) in [6.45, 7) is 14.1. The summed E-state index contributed by atoms with van der Waals surface area (Å²) < 4.78 is 0. The van der Waals surface area contributed by atoms with Crippen LogP contribution in [0.15, 0.2) is 0 Å². The second-order valence-electron chi connectivity index (χ2n) is 5.51. The van der Waals surface area contributed by atoms with Gasteiger partial charge in [-0.05, 0) is 54.8 Å². The van der Waals surface area contributed by atoms with E-state index in [9.17, 15) is 0 Å². The molecule has 0 amide bonds. The third-order valence-corrected chi connectivity index (χ3v) is 3.30. The first-order chi connectivity index (χ1) is 8.65. The van der Waals surface area contributed by atoms with Crippen LogP contribution in [0.25, 0.3) is 0 Å². The van der Waals surface area contributed by atoms with Crippen molar-refractivity contribution >= 4 is 0 Å². The van der Waals surface area contributed by atoms with Gasteiger partial charge in [-0.15, -0.1) is 0 Å². The van der Waals surface area contributed by atoms with E-state index in [1.807, 2.05) is 0 Å². The van der Waals surface area contributed by atoms with Crippen molar-refractivity contribution in [1.82, 2.24) is 9.80 Å². The lowest BCUT2D eigenvalue weighted by molar-refractivity contribution is 0.0541. The highest BCUT2D eigenvalue weighted by Gasteiger charge is 2.28. The van der Waals surface area contributed by atoms with Gasteiger partial charge < -0.3 is 10.2 Å². The molecule has 0 aliphatic heterocycles. The Balaban J connectivity index is -0.000000360. The molecule has 0 aromatic heterocycles. The van der Waals surface area contributed by atoms with E-state index in [0.29, 0.717) is 5.54 Å². The maximum Gasteiger partial charge on any atom is 0.0502 e. The average Bonchev–Trinajstić information content (AvgIpc) is 2.29. The van der Waals surface area contributed by atoms with E-state index < -0.39 is 0 Å². The largest absolute Gasteiger partial charge is 0.397 e. The molecule has 0 radical (unpaired) electrons. The fraction of sp³-hybridized carbons (Fsp3) is 1.00. The number of nitrogens with zero attached hydrogens (tertiary/aromatic N) is 2. The fourth-order valence-corrected chi connectivity index (χ4v) is 1.48. The summed E-state index contributed by atoms with van der Waals surface area (Å²) in [6, 6.07) is 0. The summed E-state index contributed by atoms with van der Waals surface area (Å²) in [7, 11) is 6.43. The molecule has 0 aromatic carbocycles. The third kappa shape index (κ3) is 14.1. The normalized spacial score (nSPS) is 12.5. The first-order valence-corrected chi connectivity index (χ1v) is 7.23. The molecule has 0 spiro atoms. The highest BCUT2D eigenvalue weighted by Crippen LogP contribution is 2.25. The van der Waals surface area contributed by atoms with Gasteiger partial charge in [0.2, 0.25) is 0 Å². The lowest BCUT2D eigenvalue weighted by Gasteiger charge is -2.41. The molecule has 120 valence electrons. The zero-order valence-corrected chi connectivity index (χ0v) is 14.7. The standard InChI is InChI=1S/C11H26N2.2C2H6O/c1-8-10(2)11(3,4)13(7)9-12(5)6;2*1-2-3/h10H,8-9H2,1-7H3;2*3H,2H2,1H3. The van der Waals surface area contributed by atoms with Crippen LogP contribution in [-0.2, 0) is 0 Å². The maximum atomic E-state index is 7.57. The predicted octanol–water partition coefficient (Wildman–Crippen LogP) is 2.26. The highest BCUT2D eigenvalue weighted by atomic mass is 16.3. The first kappa shape index (κ1) is 23.9. The van der Waals surface area contributed by atoms with Crippen LogP contribution in [0, 0.1) is 5.92 Å². The molecule has 0 rings (SSSR count). The van der Waals surface area contributed by atoms with Gasteiger partial charge in [-0.25, -0.2) is 0 Å². The number of rotatable bonds is 5. The minimum Gasteiger partial charge on any atom is -0.397 e. The Morgan fingerprint density at radius 2 is 1.26 bits per heavy atom. The van der Waals surface area contributed by atoms with Gasteiger partial charge in [0.1, 0.15) is 0 Å². The quantitative estimate of drug-likeness (QED) is 0.757. The summed E-state index contributed by atoms with van der Waals surface area (Å²) in [5, 5.41) is 15.1. The SMILES string of the molecule is CCC(C)C(C)(C)N(C)CN(C)C.CCO.CCO. The van der Waals surface area contributed by atoms with E-state index >= 15 is 0 Å². The van der Waals surface area contributed by atoms with Crippen molar-refractivity contribution in [3.05, 3.63) is 0 Å². The summed E-state index contributed by atoms with van der Waals surface area (Å²) in [5.41, 5.74) is 0.291. The second kappa shape index (κ2) is 14.3. The van der Waals surface area contributed by atoms with Crippen LogP contribution in [0.2, 0.25) is 0 Å². The van der Waals surface area contributed by atoms with E-state index in [4.69, 9.17) is 10.2 Å². The Morgan fingerprint density at radius 1 is 0.947 bits per heavy atom. The number of hydrogen-bond donors (Lipinski definition) is 2. The fourth-order valence-electron chi connectivity index (χ4n) is 1.48. The smallest absolute Gasteiger partial charge is 0.0502 e. The van der Waals surface area contributed by atoms with Crippen molar-refractivity contribution in [2.24, 2.45) is 5.92 Å². The van der Waals surface area contributed by atoms with Crippen LogP contribution in [0.3, 0.4) is 0 Å². The monoisotopic (exact) mass is 278 g/mol. The molecule has 0 heterocycles. The minimum absolute atomic E-state index is 0.250. The number of aliphatic hydroxyl groups is 2. The van der Waals surface area contributed by atoms with Crippen molar-refractivity contribution in [1.29, 1.82) is 0 Å². The Bertz CT molecular complexity index is 172. The van der Waals surface area contributed by atoms with E-state index in [2.05, 4.69) is 58.6 Å². The summed E-state index contributed by atoms with van der Waals surface area (Å²) in [4.78, 5) is 4.63. The molecule has 0 fully saturated rings.